The third kappa shape index (κ3) is 49.4. The molecular weight excluding hydrogens is 188 g/mol. The summed E-state index contributed by atoms with van der Waals surface area (Å²) in [5, 5.41) is 2.94. The van der Waals surface area contributed by atoms with Gasteiger partial charge in [-0.05, 0) is 7.92 Å². The fourth-order valence-electron chi connectivity index (χ4n) is 0.250. The van der Waals surface area contributed by atoms with Crippen molar-refractivity contribution in [2.75, 3.05) is 20.0 Å². The van der Waals surface area contributed by atoms with Crippen LogP contribution in [0.1, 0.15) is 13.8 Å². The van der Waals surface area contributed by atoms with Crippen LogP contribution in [0.3, 0.4) is 0 Å². The predicted molar refractivity (Wildman–Crippen MR) is 52.8 cm³/mol. The van der Waals surface area contributed by atoms with E-state index in [1.165, 1.54) is 10.5 Å². The Hall–Kier alpha value is 0.973. The van der Waals surface area contributed by atoms with Crippen molar-refractivity contribution in [3.63, 3.8) is 0 Å². The quantitative estimate of drug-likeness (QED) is 0.483. The maximum Gasteiger partial charge on any atom is 0.0461 e. The predicted octanol–water partition coefficient (Wildman–Crippen LogP) is 2.66. The van der Waals surface area contributed by atoms with Crippen LogP contribution in [0.25, 0.3) is 0 Å². The Morgan fingerprint density at radius 2 is 1.22 bits per heavy atom. The van der Waals surface area contributed by atoms with Gasteiger partial charge < -0.3 is 0 Å². The Balaban J connectivity index is 0. The molecule has 0 amide bonds. The van der Waals surface area contributed by atoms with Gasteiger partial charge in [-0.1, -0.05) is 0 Å². The molecule has 0 nitrogen and oxygen atoms in total. The summed E-state index contributed by atoms with van der Waals surface area (Å²) in [6.45, 7) is 11.3. The van der Waals surface area contributed by atoms with Gasteiger partial charge >= 0.3 is 39.8 Å². The number of hydrogen-bond donors (Lipinski definition) is 0. The van der Waals surface area contributed by atoms with Crippen LogP contribution in [0.2, 0.25) is 10.5 Å². The van der Waals surface area contributed by atoms with Crippen LogP contribution in [0.15, 0.2) is 0 Å². The summed E-state index contributed by atoms with van der Waals surface area (Å²) >= 11 is 0.528. The Kier molecular flexibility index (Phi) is 16.5. The van der Waals surface area contributed by atoms with Crippen LogP contribution in [0, 0.1) is 0 Å². The molecule has 9 heavy (non-hydrogen) atoms. The zero-order chi connectivity index (χ0) is 7.70. The van der Waals surface area contributed by atoms with Gasteiger partial charge in [0.25, 0.3) is 0 Å². The Labute approximate surface area is 68.0 Å². The maximum atomic E-state index is 2.27. The van der Waals surface area contributed by atoms with Crippen LogP contribution in [0.5, 0.6) is 0 Å². The van der Waals surface area contributed by atoms with E-state index in [-0.39, 0.29) is 7.92 Å². The summed E-state index contributed by atoms with van der Waals surface area (Å²) in [5.74, 6) is 0. The van der Waals surface area contributed by atoms with E-state index in [4.69, 9.17) is 0 Å². The molecule has 2 heteroatoms. The normalized spacial score (nSPS) is 8.67. The fourth-order valence-corrected chi connectivity index (χ4v) is 1.30. The molecule has 0 saturated carbocycles. The van der Waals surface area contributed by atoms with Gasteiger partial charge in [-0.25, -0.2) is 0 Å². The van der Waals surface area contributed by atoms with Crippen molar-refractivity contribution in [1.29, 1.82) is 0 Å². The summed E-state index contributed by atoms with van der Waals surface area (Å²) < 4.78 is 0. The van der Waals surface area contributed by atoms with Gasteiger partial charge in [-0.3, -0.25) is 0 Å². The Bertz CT molecular complexity index is 33.1. The van der Waals surface area contributed by atoms with Gasteiger partial charge in [0.2, 0.25) is 0 Å². The van der Waals surface area contributed by atoms with Crippen molar-refractivity contribution in [2.24, 2.45) is 0 Å². The Morgan fingerprint density at radius 3 is 1.22 bits per heavy atom. The first-order valence-electron chi connectivity index (χ1n) is 3.62. The minimum atomic E-state index is 0.120. The maximum absolute atomic E-state index is 2.27. The van der Waals surface area contributed by atoms with Crippen molar-refractivity contribution in [3.05, 3.63) is 0 Å². The van der Waals surface area contributed by atoms with Crippen LogP contribution < -0.4 is 0 Å². The molecule has 0 unspecified atom stereocenters. The summed E-state index contributed by atoms with van der Waals surface area (Å²) in [6.07, 6.45) is 0. The molecule has 2 radical (unpaired) electrons. The van der Waals surface area contributed by atoms with E-state index in [0.717, 1.165) is 0 Å². The molecule has 0 aromatic carbocycles. The third-order valence-corrected chi connectivity index (χ3v) is 2.60. The van der Waals surface area contributed by atoms with E-state index >= 15 is 0 Å². The summed E-state index contributed by atoms with van der Waals surface area (Å²) in [7, 11) is 0.120. The second-order valence-electron chi connectivity index (χ2n) is 2.46. The van der Waals surface area contributed by atoms with Crippen LogP contribution >= 0.6 is 7.92 Å². The van der Waals surface area contributed by atoms with E-state index in [2.05, 4.69) is 33.8 Å². The Morgan fingerprint density at radius 1 is 1.00 bits per heavy atom. The zero-order valence-electron chi connectivity index (χ0n) is 7.41. The van der Waals surface area contributed by atoms with Gasteiger partial charge in [0, 0.05) is 20.0 Å². The van der Waals surface area contributed by atoms with Gasteiger partial charge in [0.15, 0.2) is 0 Å². The third-order valence-electron chi connectivity index (χ3n) is 0.500. The molecule has 0 N–H and O–H groups in total. The second-order valence-corrected chi connectivity index (χ2v) is 9.47. The van der Waals surface area contributed by atoms with E-state index < -0.39 is 0 Å². The number of hydrogen-bond acceptors (Lipinski definition) is 0. The van der Waals surface area contributed by atoms with Crippen molar-refractivity contribution in [3.8, 4) is 0 Å². The minimum Gasteiger partial charge on any atom is -0.00840 e. The molecule has 0 atom stereocenters. The minimum absolute atomic E-state index is 0.120. The zero-order valence-corrected chi connectivity index (χ0v) is 10.5. The van der Waals surface area contributed by atoms with Gasteiger partial charge in [0.1, 0.15) is 0 Å². The molecule has 0 heterocycles. The van der Waals surface area contributed by atoms with Crippen molar-refractivity contribution in [1.82, 2.24) is 0 Å². The average Bonchev–Trinajstić information content (AvgIpc) is 1.66. The summed E-state index contributed by atoms with van der Waals surface area (Å²) in [4.78, 5) is 0. The standard InChI is InChI=1S/C4H10Ge.C3H9P/c1-3-5-4-2;1-4(2)3/h3-4H2,1-2H3;1-3H3/p+1. The van der Waals surface area contributed by atoms with Crippen LogP contribution in [0.4, 0.5) is 0 Å². The molecule has 0 aromatic rings. The van der Waals surface area contributed by atoms with E-state index in [1.807, 2.05) is 0 Å². The topological polar surface area (TPSA) is 0 Å². The molecule has 0 aliphatic rings. The van der Waals surface area contributed by atoms with Crippen molar-refractivity contribution < 1.29 is 0 Å². The molecule has 0 saturated heterocycles. The molecular formula is C7H20GeP+. The van der Waals surface area contributed by atoms with Gasteiger partial charge in [-0.15, -0.1) is 0 Å². The number of rotatable bonds is 2. The summed E-state index contributed by atoms with van der Waals surface area (Å²) in [6, 6.07) is 0. The molecule has 0 rings (SSSR count). The first-order valence-corrected chi connectivity index (χ1v) is 9.59. The van der Waals surface area contributed by atoms with Crippen LogP contribution in [-0.4, -0.2) is 35.4 Å². The van der Waals surface area contributed by atoms with Gasteiger partial charge in [0.05, 0.1) is 0 Å². The van der Waals surface area contributed by atoms with Crippen molar-refractivity contribution in [2.45, 2.75) is 24.4 Å². The second kappa shape index (κ2) is 11.7. The molecule has 0 aliphatic carbocycles. The monoisotopic (exact) mass is 209 g/mol. The molecule has 0 bridgehead atoms. The average molecular weight is 208 g/mol. The van der Waals surface area contributed by atoms with E-state index in [9.17, 15) is 0 Å². The van der Waals surface area contributed by atoms with Crippen LogP contribution in [-0.2, 0) is 0 Å². The molecule has 0 aromatic heterocycles. The smallest absolute Gasteiger partial charge is 0.00840 e. The summed E-state index contributed by atoms with van der Waals surface area (Å²) in [5.41, 5.74) is 0. The first kappa shape index (κ1) is 12.6. The molecule has 56 valence electrons. The molecule has 0 spiro atoms. The fraction of sp³-hybridized carbons (Fsp3) is 1.00. The first-order chi connectivity index (χ1) is 4.15. The van der Waals surface area contributed by atoms with E-state index in [1.54, 1.807) is 0 Å². The molecule has 0 fully saturated rings. The van der Waals surface area contributed by atoms with E-state index in [0.29, 0.717) is 15.4 Å². The molecule has 0 aliphatic heterocycles. The van der Waals surface area contributed by atoms with Gasteiger partial charge in [-0.2, -0.15) is 0 Å². The largest absolute Gasteiger partial charge is 0.0461 e. The SMILES string of the molecule is C[CH2][Ge][CH2]C.C[PH+](C)C. The van der Waals surface area contributed by atoms with Crippen molar-refractivity contribution >= 4 is 23.4 Å².